The Morgan fingerprint density at radius 3 is 2.82 bits per heavy atom. The van der Waals surface area contributed by atoms with Crippen molar-refractivity contribution >= 4 is 5.82 Å². The van der Waals surface area contributed by atoms with Gasteiger partial charge < -0.3 is 15.2 Å². The molecule has 17 heavy (non-hydrogen) atoms. The Bertz CT molecular complexity index is 395. The first-order valence-corrected chi connectivity index (χ1v) is 5.94. The van der Waals surface area contributed by atoms with Crippen molar-refractivity contribution in [2.45, 2.75) is 38.8 Å². The quantitative estimate of drug-likeness (QED) is 0.823. The Balaban J connectivity index is 2.21. The zero-order valence-corrected chi connectivity index (χ0v) is 10.5. The predicted octanol–water partition coefficient (Wildman–Crippen LogP) is 1.08. The molecule has 2 atom stereocenters. The molecule has 0 bridgehead atoms. The van der Waals surface area contributed by atoms with Crippen LogP contribution < -0.4 is 5.32 Å². The van der Waals surface area contributed by atoms with Gasteiger partial charge in [-0.1, -0.05) is 13.8 Å². The summed E-state index contributed by atoms with van der Waals surface area (Å²) >= 11 is 0. The maximum atomic E-state index is 9.72. The standard InChI is InChI=1S/C12H19N3O2/c1-7(2)9-4-13-8(3)14-12(9)15-10-5-17-6-11(10)16/h4,7,10-11,16H,5-6H2,1-3H3,(H,13,14,15)/t10-,11-/m0/s1. The molecule has 0 radical (unpaired) electrons. The van der Waals surface area contributed by atoms with Crippen molar-refractivity contribution in [1.82, 2.24) is 9.97 Å². The van der Waals surface area contributed by atoms with Crippen LogP contribution in [0.25, 0.3) is 0 Å². The molecule has 2 rings (SSSR count). The van der Waals surface area contributed by atoms with Gasteiger partial charge in [-0.05, 0) is 12.8 Å². The molecule has 1 aliphatic heterocycles. The molecule has 0 unspecified atom stereocenters. The van der Waals surface area contributed by atoms with Gasteiger partial charge in [0.25, 0.3) is 0 Å². The van der Waals surface area contributed by atoms with Crippen molar-refractivity contribution < 1.29 is 9.84 Å². The molecular weight excluding hydrogens is 218 g/mol. The molecule has 0 aromatic carbocycles. The first-order valence-electron chi connectivity index (χ1n) is 5.94. The molecule has 1 aromatic rings. The second-order valence-corrected chi connectivity index (χ2v) is 4.73. The largest absolute Gasteiger partial charge is 0.388 e. The Morgan fingerprint density at radius 1 is 1.47 bits per heavy atom. The van der Waals surface area contributed by atoms with Crippen LogP contribution in [0.15, 0.2) is 6.20 Å². The Kier molecular flexibility index (Phi) is 3.59. The highest BCUT2D eigenvalue weighted by Gasteiger charge is 2.27. The van der Waals surface area contributed by atoms with Crippen molar-refractivity contribution in [1.29, 1.82) is 0 Å². The van der Waals surface area contributed by atoms with E-state index >= 15 is 0 Å². The van der Waals surface area contributed by atoms with E-state index in [4.69, 9.17) is 4.74 Å². The molecule has 0 amide bonds. The minimum atomic E-state index is -0.467. The molecule has 1 fully saturated rings. The number of aliphatic hydroxyl groups is 1. The molecule has 5 nitrogen and oxygen atoms in total. The lowest BCUT2D eigenvalue weighted by atomic mass is 10.1. The minimum absolute atomic E-state index is 0.0817. The van der Waals surface area contributed by atoms with Crippen LogP contribution in [-0.2, 0) is 4.74 Å². The Morgan fingerprint density at radius 2 is 2.24 bits per heavy atom. The van der Waals surface area contributed by atoms with Gasteiger partial charge in [0.05, 0.1) is 25.4 Å². The summed E-state index contributed by atoms with van der Waals surface area (Å²) in [5.74, 6) is 1.88. The van der Waals surface area contributed by atoms with Crippen molar-refractivity contribution in [3.05, 3.63) is 17.6 Å². The zero-order valence-electron chi connectivity index (χ0n) is 10.5. The number of anilines is 1. The number of ether oxygens (including phenoxy) is 1. The van der Waals surface area contributed by atoms with Crippen molar-refractivity contribution in [3.63, 3.8) is 0 Å². The molecule has 1 aliphatic rings. The molecule has 1 saturated heterocycles. The average molecular weight is 237 g/mol. The summed E-state index contributed by atoms with van der Waals surface area (Å²) in [6.45, 7) is 6.96. The van der Waals surface area contributed by atoms with Crippen molar-refractivity contribution in [2.24, 2.45) is 0 Å². The smallest absolute Gasteiger partial charge is 0.133 e. The Hall–Kier alpha value is -1.20. The molecule has 0 aliphatic carbocycles. The van der Waals surface area contributed by atoms with E-state index in [-0.39, 0.29) is 6.04 Å². The molecule has 5 heteroatoms. The summed E-state index contributed by atoms with van der Waals surface area (Å²) in [5.41, 5.74) is 1.06. The van der Waals surface area contributed by atoms with Crippen molar-refractivity contribution in [3.8, 4) is 0 Å². The van der Waals surface area contributed by atoms with Crippen LogP contribution in [0.4, 0.5) is 5.82 Å². The van der Waals surface area contributed by atoms with Crippen LogP contribution in [0.5, 0.6) is 0 Å². The van der Waals surface area contributed by atoms with Gasteiger partial charge in [-0.25, -0.2) is 9.97 Å². The molecule has 0 saturated carbocycles. The van der Waals surface area contributed by atoms with Gasteiger partial charge in [-0.15, -0.1) is 0 Å². The second-order valence-electron chi connectivity index (χ2n) is 4.73. The first kappa shape index (κ1) is 12.3. The number of hydrogen-bond acceptors (Lipinski definition) is 5. The third kappa shape index (κ3) is 2.73. The summed E-state index contributed by atoms with van der Waals surface area (Å²) in [5, 5.41) is 13.0. The topological polar surface area (TPSA) is 67.3 Å². The Labute approximate surface area is 101 Å². The van der Waals surface area contributed by atoms with E-state index < -0.39 is 6.10 Å². The molecule has 2 N–H and O–H groups in total. The predicted molar refractivity (Wildman–Crippen MR) is 65.1 cm³/mol. The van der Waals surface area contributed by atoms with E-state index in [1.165, 1.54) is 0 Å². The number of nitrogens with one attached hydrogen (secondary N) is 1. The molecule has 1 aromatic heterocycles. The summed E-state index contributed by atoms with van der Waals surface area (Å²) in [6.07, 6.45) is 1.38. The van der Waals surface area contributed by atoms with Gasteiger partial charge in [0.1, 0.15) is 11.6 Å². The fourth-order valence-corrected chi connectivity index (χ4v) is 1.87. The van der Waals surface area contributed by atoms with Gasteiger partial charge in [0.15, 0.2) is 0 Å². The summed E-state index contributed by atoms with van der Waals surface area (Å²) in [6, 6.07) is -0.0817. The third-order valence-electron chi connectivity index (χ3n) is 2.93. The number of aromatic nitrogens is 2. The lowest BCUT2D eigenvalue weighted by Crippen LogP contribution is -2.32. The minimum Gasteiger partial charge on any atom is -0.388 e. The van der Waals surface area contributed by atoms with Crippen LogP contribution in [0.3, 0.4) is 0 Å². The van der Waals surface area contributed by atoms with Crippen LogP contribution in [0.2, 0.25) is 0 Å². The van der Waals surface area contributed by atoms with Gasteiger partial charge in [-0.3, -0.25) is 0 Å². The number of aliphatic hydroxyl groups excluding tert-OH is 1. The normalized spacial score (nSPS) is 24.3. The van der Waals surface area contributed by atoms with E-state index in [0.29, 0.717) is 19.1 Å². The van der Waals surface area contributed by atoms with E-state index in [1.54, 1.807) is 0 Å². The summed E-state index contributed by atoms with van der Waals surface area (Å²) in [4.78, 5) is 8.61. The van der Waals surface area contributed by atoms with Crippen LogP contribution in [0.1, 0.15) is 31.2 Å². The maximum Gasteiger partial charge on any atom is 0.133 e. The third-order valence-corrected chi connectivity index (χ3v) is 2.93. The fraction of sp³-hybridized carbons (Fsp3) is 0.667. The highest BCUT2D eigenvalue weighted by Crippen LogP contribution is 2.23. The molecule has 2 heterocycles. The highest BCUT2D eigenvalue weighted by molar-refractivity contribution is 5.46. The zero-order chi connectivity index (χ0) is 12.4. The van der Waals surface area contributed by atoms with Crippen LogP contribution >= 0.6 is 0 Å². The van der Waals surface area contributed by atoms with Crippen LogP contribution in [0, 0.1) is 6.92 Å². The number of nitrogens with zero attached hydrogens (tertiary/aromatic N) is 2. The van der Waals surface area contributed by atoms with E-state index in [0.717, 1.165) is 17.2 Å². The van der Waals surface area contributed by atoms with Crippen molar-refractivity contribution in [2.75, 3.05) is 18.5 Å². The van der Waals surface area contributed by atoms with E-state index in [9.17, 15) is 5.11 Å². The number of rotatable bonds is 3. The molecular formula is C12H19N3O2. The monoisotopic (exact) mass is 237 g/mol. The van der Waals surface area contributed by atoms with Crippen LogP contribution in [-0.4, -0.2) is 40.4 Å². The molecule has 0 spiro atoms. The van der Waals surface area contributed by atoms with E-state index in [1.807, 2.05) is 13.1 Å². The van der Waals surface area contributed by atoms with Gasteiger partial charge in [0.2, 0.25) is 0 Å². The first-order chi connectivity index (χ1) is 8.08. The summed E-state index contributed by atoms with van der Waals surface area (Å²) < 4.78 is 5.22. The fourth-order valence-electron chi connectivity index (χ4n) is 1.87. The van der Waals surface area contributed by atoms with E-state index in [2.05, 4.69) is 29.1 Å². The lowest BCUT2D eigenvalue weighted by molar-refractivity contribution is 0.125. The molecule has 94 valence electrons. The number of aryl methyl sites for hydroxylation is 1. The lowest BCUT2D eigenvalue weighted by Gasteiger charge is -2.19. The average Bonchev–Trinajstić information content (AvgIpc) is 2.64. The van der Waals surface area contributed by atoms with Gasteiger partial charge >= 0.3 is 0 Å². The number of hydrogen-bond donors (Lipinski definition) is 2. The maximum absolute atomic E-state index is 9.72. The van der Waals surface area contributed by atoms with Gasteiger partial charge in [-0.2, -0.15) is 0 Å². The highest BCUT2D eigenvalue weighted by atomic mass is 16.5. The second kappa shape index (κ2) is 4.98. The summed E-state index contributed by atoms with van der Waals surface area (Å²) in [7, 11) is 0. The SMILES string of the molecule is Cc1ncc(C(C)C)c(N[C@H]2COC[C@@H]2O)n1. The van der Waals surface area contributed by atoms with Gasteiger partial charge in [0, 0.05) is 11.8 Å².